The van der Waals surface area contributed by atoms with E-state index in [0.29, 0.717) is 22.2 Å². The van der Waals surface area contributed by atoms with Gasteiger partial charge in [-0.05, 0) is 48.4 Å². The molecule has 0 spiro atoms. The summed E-state index contributed by atoms with van der Waals surface area (Å²) in [6.07, 6.45) is 0. The summed E-state index contributed by atoms with van der Waals surface area (Å²) in [4.78, 5) is 0. The van der Waals surface area contributed by atoms with E-state index in [1.807, 2.05) is 12.1 Å². The summed E-state index contributed by atoms with van der Waals surface area (Å²) in [6.45, 7) is 2.35. The molecule has 0 aliphatic rings. The average molecular weight is 284 g/mol. The van der Waals surface area contributed by atoms with Gasteiger partial charge in [0.15, 0.2) is 0 Å². The van der Waals surface area contributed by atoms with Crippen molar-refractivity contribution in [3.63, 3.8) is 0 Å². The summed E-state index contributed by atoms with van der Waals surface area (Å²) < 4.78 is 13.1. The molecule has 0 atom stereocenters. The lowest BCUT2D eigenvalue weighted by atomic mass is 10.2. The van der Waals surface area contributed by atoms with E-state index in [4.69, 9.17) is 23.2 Å². The third kappa shape index (κ3) is 3.15. The first-order valence-electron chi connectivity index (χ1n) is 5.50. The fourth-order valence-corrected chi connectivity index (χ4v) is 1.93. The van der Waals surface area contributed by atoms with Crippen molar-refractivity contribution < 1.29 is 4.39 Å². The monoisotopic (exact) mass is 283 g/mol. The summed E-state index contributed by atoms with van der Waals surface area (Å²) in [5.74, 6) is -0.199. The number of hydrogen-bond donors (Lipinski definition) is 1. The van der Waals surface area contributed by atoms with Gasteiger partial charge in [-0.15, -0.1) is 0 Å². The van der Waals surface area contributed by atoms with Crippen molar-refractivity contribution in [3.05, 3.63) is 63.4 Å². The van der Waals surface area contributed by atoms with E-state index in [1.54, 1.807) is 25.1 Å². The minimum atomic E-state index is -0.199. The molecule has 0 unspecified atom stereocenters. The fraction of sp³-hybridized carbons (Fsp3) is 0.143. The Balaban J connectivity index is 2.06. The van der Waals surface area contributed by atoms with Gasteiger partial charge in [0.05, 0.1) is 10.0 Å². The quantitative estimate of drug-likeness (QED) is 0.831. The Morgan fingerprint density at radius 2 is 1.83 bits per heavy atom. The summed E-state index contributed by atoms with van der Waals surface area (Å²) in [5.41, 5.74) is 2.51. The SMILES string of the molecule is Cc1cc(NCc2ccc(Cl)c(Cl)c2)ccc1F. The van der Waals surface area contributed by atoms with Crippen LogP contribution < -0.4 is 5.32 Å². The molecule has 1 nitrogen and oxygen atoms in total. The Bertz CT molecular complexity index is 518. The van der Waals surface area contributed by atoms with Gasteiger partial charge in [-0.1, -0.05) is 29.3 Å². The number of anilines is 1. The van der Waals surface area contributed by atoms with E-state index >= 15 is 0 Å². The fourth-order valence-electron chi connectivity index (χ4n) is 1.61. The van der Waals surface area contributed by atoms with Crippen LogP contribution in [-0.2, 0) is 6.54 Å². The normalized spacial score (nSPS) is 10.4. The van der Waals surface area contributed by atoms with Crippen LogP contribution in [0.2, 0.25) is 10.0 Å². The van der Waals surface area contributed by atoms with Crippen LogP contribution in [0.25, 0.3) is 0 Å². The Labute approximate surface area is 116 Å². The number of aryl methyl sites for hydroxylation is 1. The topological polar surface area (TPSA) is 12.0 Å². The molecule has 0 bridgehead atoms. The maximum atomic E-state index is 13.1. The number of rotatable bonds is 3. The van der Waals surface area contributed by atoms with Gasteiger partial charge in [0.25, 0.3) is 0 Å². The minimum absolute atomic E-state index is 0.199. The zero-order valence-electron chi connectivity index (χ0n) is 9.81. The van der Waals surface area contributed by atoms with Crippen molar-refractivity contribution in [2.24, 2.45) is 0 Å². The molecule has 0 fully saturated rings. The van der Waals surface area contributed by atoms with E-state index < -0.39 is 0 Å². The highest BCUT2D eigenvalue weighted by Gasteiger charge is 2.01. The van der Waals surface area contributed by atoms with Crippen molar-refractivity contribution in [3.8, 4) is 0 Å². The third-order valence-electron chi connectivity index (χ3n) is 2.64. The molecule has 0 saturated heterocycles. The van der Waals surface area contributed by atoms with Crippen molar-refractivity contribution in [2.75, 3.05) is 5.32 Å². The highest BCUT2D eigenvalue weighted by molar-refractivity contribution is 6.42. The van der Waals surface area contributed by atoms with Gasteiger partial charge in [-0.25, -0.2) is 4.39 Å². The van der Waals surface area contributed by atoms with Gasteiger partial charge in [0.1, 0.15) is 5.82 Å². The van der Waals surface area contributed by atoms with Crippen LogP contribution in [0.5, 0.6) is 0 Å². The molecule has 0 aliphatic carbocycles. The smallest absolute Gasteiger partial charge is 0.126 e. The van der Waals surface area contributed by atoms with Crippen LogP contribution in [0.4, 0.5) is 10.1 Å². The first kappa shape index (κ1) is 13.2. The summed E-state index contributed by atoms with van der Waals surface area (Å²) in [6, 6.07) is 10.4. The van der Waals surface area contributed by atoms with Crippen molar-refractivity contribution in [2.45, 2.75) is 13.5 Å². The predicted molar refractivity (Wildman–Crippen MR) is 74.9 cm³/mol. The number of benzene rings is 2. The highest BCUT2D eigenvalue weighted by atomic mass is 35.5. The standard InChI is InChI=1S/C14H12Cl2FN/c1-9-6-11(3-5-14(9)17)18-8-10-2-4-12(15)13(16)7-10/h2-7,18H,8H2,1H3. The molecule has 0 radical (unpaired) electrons. The molecule has 0 amide bonds. The van der Waals surface area contributed by atoms with Gasteiger partial charge in [-0.2, -0.15) is 0 Å². The molecule has 2 rings (SSSR count). The van der Waals surface area contributed by atoms with Crippen LogP contribution in [-0.4, -0.2) is 0 Å². The van der Waals surface area contributed by atoms with Gasteiger partial charge in [0.2, 0.25) is 0 Å². The molecule has 94 valence electrons. The van der Waals surface area contributed by atoms with Crippen LogP contribution in [0.3, 0.4) is 0 Å². The van der Waals surface area contributed by atoms with Gasteiger partial charge in [-0.3, -0.25) is 0 Å². The second-order valence-corrected chi connectivity index (χ2v) is 4.88. The zero-order valence-corrected chi connectivity index (χ0v) is 11.3. The predicted octanol–water partition coefficient (Wildman–Crippen LogP) is 5.05. The summed E-state index contributed by atoms with van der Waals surface area (Å²) >= 11 is 11.8. The average Bonchev–Trinajstić information content (AvgIpc) is 2.35. The lowest BCUT2D eigenvalue weighted by Gasteiger charge is -2.08. The zero-order chi connectivity index (χ0) is 13.1. The highest BCUT2D eigenvalue weighted by Crippen LogP contribution is 2.23. The summed E-state index contributed by atoms with van der Waals surface area (Å²) in [5, 5.41) is 4.28. The lowest BCUT2D eigenvalue weighted by molar-refractivity contribution is 0.618. The Morgan fingerprint density at radius 3 is 2.50 bits per heavy atom. The second-order valence-electron chi connectivity index (χ2n) is 4.07. The molecule has 0 aliphatic heterocycles. The molecule has 4 heteroatoms. The van der Waals surface area contributed by atoms with Crippen LogP contribution in [0.15, 0.2) is 36.4 Å². The van der Waals surface area contributed by atoms with E-state index in [-0.39, 0.29) is 5.82 Å². The molecule has 2 aromatic rings. The molecule has 0 saturated carbocycles. The van der Waals surface area contributed by atoms with Crippen LogP contribution >= 0.6 is 23.2 Å². The van der Waals surface area contributed by atoms with Crippen molar-refractivity contribution in [1.82, 2.24) is 0 Å². The Kier molecular flexibility index (Phi) is 4.10. The Morgan fingerprint density at radius 1 is 1.06 bits per heavy atom. The van der Waals surface area contributed by atoms with Crippen LogP contribution in [0.1, 0.15) is 11.1 Å². The number of halogens is 3. The van der Waals surface area contributed by atoms with Gasteiger partial charge in [0, 0.05) is 12.2 Å². The van der Waals surface area contributed by atoms with E-state index in [2.05, 4.69) is 5.32 Å². The van der Waals surface area contributed by atoms with Crippen molar-refractivity contribution in [1.29, 1.82) is 0 Å². The van der Waals surface area contributed by atoms with Gasteiger partial charge < -0.3 is 5.32 Å². The molecule has 18 heavy (non-hydrogen) atoms. The molecular weight excluding hydrogens is 272 g/mol. The van der Waals surface area contributed by atoms with E-state index in [0.717, 1.165) is 11.3 Å². The largest absolute Gasteiger partial charge is 0.381 e. The van der Waals surface area contributed by atoms with E-state index in [9.17, 15) is 4.39 Å². The van der Waals surface area contributed by atoms with E-state index in [1.165, 1.54) is 6.07 Å². The van der Waals surface area contributed by atoms with Gasteiger partial charge >= 0.3 is 0 Å². The molecule has 0 aromatic heterocycles. The molecule has 2 aromatic carbocycles. The maximum Gasteiger partial charge on any atom is 0.126 e. The second kappa shape index (κ2) is 5.59. The Hall–Kier alpha value is -1.25. The lowest BCUT2D eigenvalue weighted by Crippen LogP contribution is -2.00. The number of hydrogen-bond acceptors (Lipinski definition) is 1. The van der Waals surface area contributed by atoms with Crippen LogP contribution in [0, 0.1) is 12.7 Å². The minimum Gasteiger partial charge on any atom is -0.381 e. The first-order valence-corrected chi connectivity index (χ1v) is 6.26. The summed E-state index contributed by atoms with van der Waals surface area (Å²) in [7, 11) is 0. The van der Waals surface area contributed by atoms with Crippen molar-refractivity contribution >= 4 is 28.9 Å². The maximum absolute atomic E-state index is 13.1. The molecule has 1 N–H and O–H groups in total. The molecule has 0 heterocycles. The first-order chi connectivity index (χ1) is 8.56. The molecular formula is C14H12Cl2FN. The number of nitrogens with one attached hydrogen (secondary N) is 1. The third-order valence-corrected chi connectivity index (χ3v) is 3.38.